The highest BCUT2D eigenvalue weighted by atomic mass is 19.4. The van der Waals surface area contributed by atoms with E-state index in [1.54, 1.807) is 42.6 Å². The fourth-order valence-electron chi connectivity index (χ4n) is 2.93. The van der Waals surface area contributed by atoms with E-state index in [9.17, 15) is 18.0 Å². The van der Waals surface area contributed by atoms with Gasteiger partial charge in [0.05, 0.1) is 11.3 Å². The quantitative estimate of drug-likeness (QED) is 0.461. The fraction of sp³-hybridized carbons (Fsp3) is 0.0909. The summed E-state index contributed by atoms with van der Waals surface area (Å²) >= 11 is 0. The summed E-state index contributed by atoms with van der Waals surface area (Å²) in [6.07, 6.45) is -1.16. The zero-order valence-corrected chi connectivity index (χ0v) is 15.5. The molecule has 0 aliphatic carbocycles. The van der Waals surface area contributed by atoms with E-state index in [2.05, 4.69) is 15.3 Å². The summed E-state index contributed by atoms with van der Waals surface area (Å²) in [6, 6.07) is 15.2. The molecular formula is C22H16F3N3O2. The third-order valence-electron chi connectivity index (χ3n) is 4.49. The molecule has 30 heavy (non-hydrogen) atoms. The first-order valence-electron chi connectivity index (χ1n) is 9.02. The zero-order chi connectivity index (χ0) is 21.1. The molecule has 4 aromatic rings. The van der Waals surface area contributed by atoms with Crippen LogP contribution in [-0.4, -0.2) is 15.9 Å². The van der Waals surface area contributed by atoms with Crippen molar-refractivity contribution in [3.05, 3.63) is 89.9 Å². The Hall–Kier alpha value is -3.81. The number of aromatic nitrogens is 2. The summed E-state index contributed by atoms with van der Waals surface area (Å²) in [5.74, 6) is 0.183. The number of carbonyl (C=O) groups is 1. The summed E-state index contributed by atoms with van der Waals surface area (Å²) in [4.78, 5) is 19.4. The Bertz CT molecular complexity index is 1170. The van der Waals surface area contributed by atoms with Crippen LogP contribution in [0.3, 0.4) is 0 Å². The Morgan fingerprint density at radius 2 is 1.87 bits per heavy atom. The number of nitrogens with zero attached hydrogens (tertiary/aromatic N) is 1. The van der Waals surface area contributed by atoms with Crippen molar-refractivity contribution in [3.8, 4) is 5.75 Å². The van der Waals surface area contributed by atoms with Gasteiger partial charge < -0.3 is 15.0 Å². The molecule has 0 radical (unpaired) electrons. The Kier molecular flexibility index (Phi) is 5.14. The highest BCUT2D eigenvalue weighted by Crippen LogP contribution is 2.30. The predicted octanol–water partition coefficient (Wildman–Crippen LogP) is 5.41. The van der Waals surface area contributed by atoms with Crippen molar-refractivity contribution in [1.29, 1.82) is 0 Å². The minimum absolute atomic E-state index is 0.115. The number of halogens is 3. The van der Waals surface area contributed by atoms with Crippen LogP contribution >= 0.6 is 0 Å². The van der Waals surface area contributed by atoms with Crippen LogP contribution < -0.4 is 10.1 Å². The zero-order valence-electron chi connectivity index (χ0n) is 15.5. The van der Waals surface area contributed by atoms with Gasteiger partial charge in [0.1, 0.15) is 18.1 Å². The number of carbonyl (C=O) groups excluding carboxylic acids is 1. The number of hydrogen-bond donors (Lipinski definition) is 2. The van der Waals surface area contributed by atoms with Crippen LogP contribution in [0.25, 0.3) is 10.9 Å². The number of pyridine rings is 1. The van der Waals surface area contributed by atoms with Crippen molar-refractivity contribution >= 4 is 22.5 Å². The molecule has 0 fully saturated rings. The van der Waals surface area contributed by atoms with E-state index in [4.69, 9.17) is 4.74 Å². The van der Waals surface area contributed by atoms with Crippen molar-refractivity contribution in [2.75, 3.05) is 5.32 Å². The lowest BCUT2D eigenvalue weighted by atomic mass is 10.1. The maximum atomic E-state index is 12.7. The molecule has 0 unspecified atom stereocenters. The number of H-pyrrole nitrogens is 1. The Morgan fingerprint density at radius 1 is 1.07 bits per heavy atom. The van der Waals surface area contributed by atoms with E-state index in [0.717, 1.165) is 23.0 Å². The van der Waals surface area contributed by atoms with Gasteiger partial charge in [-0.15, -0.1) is 0 Å². The molecule has 1 amide bonds. The fourth-order valence-corrected chi connectivity index (χ4v) is 2.93. The maximum absolute atomic E-state index is 12.7. The summed E-state index contributed by atoms with van der Waals surface area (Å²) in [5, 5.41) is 3.55. The van der Waals surface area contributed by atoms with Gasteiger partial charge in [-0.2, -0.15) is 13.2 Å². The highest BCUT2D eigenvalue weighted by molar-refractivity contribution is 6.08. The van der Waals surface area contributed by atoms with Crippen molar-refractivity contribution in [3.63, 3.8) is 0 Å². The van der Waals surface area contributed by atoms with E-state index in [-0.39, 0.29) is 12.5 Å². The molecule has 2 heterocycles. The lowest BCUT2D eigenvalue weighted by molar-refractivity contribution is -0.137. The molecule has 4 rings (SSSR count). The van der Waals surface area contributed by atoms with Gasteiger partial charge >= 0.3 is 6.18 Å². The second-order valence-corrected chi connectivity index (χ2v) is 6.56. The lowest BCUT2D eigenvalue weighted by Gasteiger charge is -2.09. The van der Waals surface area contributed by atoms with Gasteiger partial charge in [0.15, 0.2) is 0 Å². The maximum Gasteiger partial charge on any atom is 0.416 e. The van der Waals surface area contributed by atoms with E-state index in [1.807, 2.05) is 0 Å². The Labute approximate surface area is 169 Å². The third-order valence-corrected chi connectivity index (χ3v) is 4.49. The van der Waals surface area contributed by atoms with E-state index in [1.165, 1.54) is 18.3 Å². The van der Waals surface area contributed by atoms with Crippen molar-refractivity contribution in [1.82, 2.24) is 9.97 Å². The summed E-state index contributed by atoms with van der Waals surface area (Å²) in [7, 11) is 0. The van der Waals surface area contributed by atoms with Gasteiger partial charge in [-0.05, 0) is 48.0 Å². The molecule has 0 atom stereocenters. The normalized spacial score (nSPS) is 11.4. The number of alkyl halides is 3. The number of amides is 1. The number of hydrogen-bond acceptors (Lipinski definition) is 3. The first-order chi connectivity index (χ1) is 14.4. The molecule has 2 N–H and O–H groups in total. The largest absolute Gasteiger partial charge is 0.489 e. The number of nitrogens with one attached hydrogen (secondary N) is 2. The molecule has 0 saturated heterocycles. The smallest absolute Gasteiger partial charge is 0.416 e. The van der Waals surface area contributed by atoms with Gasteiger partial charge in [-0.25, -0.2) is 0 Å². The summed E-state index contributed by atoms with van der Waals surface area (Å²) in [5.41, 5.74) is 1.57. The first kappa shape index (κ1) is 19.5. The molecule has 0 saturated carbocycles. The predicted molar refractivity (Wildman–Crippen MR) is 106 cm³/mol. The van der Waals surface area contributed by atoms with Gasteiger partial charge in [0, 0.05) is 23.3 Å². The van der Waals surface area contributed by atoms with Crippen molar-refractivity contribution in [2.24, 2.45) is 0 Å². The SMILES string of the molecule is O=C(Nc1c[nH]c2ccc(OCc3ccc(C(F)(F)F)cc3)cc12)c1ccccn1. The van der Waals surface area contributed by atoms with Crippen LogP contribution in [0.2, 0.25) is 0 Å². The molecule has 0 aliphatic rings. The monoisotopic (exact) mass is 411 g/mol. The average Bonchev–Trinajstić information content (AvgIpc) is 3.14. The Balaban J connectivity index is 1.48. The molecule has 152 valence electrons. The second kappa shape index (κ2) is 7.90. The molecule has 0 aliphatic heterocycles. The standard InChI is InChI=1S/C22H16F3N3O2/c23-22(24,25)15-6-4-14(5-7-15)13-30-16-8-9-18-17(11-16)20(12-27-18)28-21(29)19-3-1-2-10-26-19/h1-12,27H,13H2,(H,28,29). The molecule has 0 bridgehead atoms. The lowest BCUT2D eigenvalue weighted by Crippen LogP contribution is -2.12. The third kappa shape index (κ3) is 4.27. The van der Waals surface area contributed by atoms with E-state index >= 15 is 0 Å². The number of ether oxygens (including phenoxy) is 1. The van der Waals surface area contributed by atoms with Gasteiger partial charge in [-0.1, -0.05) is 18.2 Å². The van der Waals surface area contributed by atoms with Crippen LogP contribution in [0.4, 0.5) is 18.9 Å². The van der Waals surface area contributed by atoms with Crippen LogP contribution in [0.5, 0.6) is 5.75 Å². The number of aromatic amines is 1. The van der Waals surface area contributed by atoms with Gasteiger partial charge in [0.25, 0.3) is 5.91 Å². The molecule has 0 spiro atoms. The molecule has 5 nitrogen and oxygen atoms in total. The van der Waals surface area contributed by atoms with Crippen LogP contribution in [0.1, 0.15) is 21.6 Å². The number of rotatable bonds is 5. The molecule has 2 aromatic heterocycles. The summed E-state index contributed by atoms with van der Waals surface area (Å²) < 4.78 is 43.7. The van der Waals surface area contributed by atoms with Gasteiger partial charge in [0.2, 0.25) is 0 Å². The average molecular weight is 411 g/mol. The van der Waals surface area contributed by atoms with Crippen LogP contribution in [0.15, 0.2) is 73.1 Å². The minimum Gasteiger partial charge on any atom is -0.489 e. The minimum atomic E-state index is -4.37. The highest BCUT2D eigenvalue weighted by Gasteiger charge is 2.29. The van der Waals surface area contributed by atoms with Crippen LogP contribution in [-0.2, 0) is 12.8 Å². The summed E-state index contributed by atoms with van der Waals surface area (Å²) in [6.45, 7) is 0.115. The molecule has 8 heteroatoms. The number of benzene rings is 2. The molecule has 2 aromatic carbocycles. The molecular weight excluding hydrogens is 395 g/mol. The van der Waals surface area contributed by atoms with E-state index in [0.29, 0.717) is 22.7 Å². The van der Waals surface area contributed by atoms with Crippen molar-refractivity contribution < 1.29 is 22.7 Å². The Morgan fingerprint density at radius 3 is 2.57 bits per heavy atom. The number of fused-ring (bicyclic) bond motifs is 1. The van der Waals surface area contributed by atoms with Crippen LogP contribution in [0, 0.1) is 0 Å². The van der Waals surface area contributed by atoms with E-state index < -0.39 is 11.7 Å². The second-order valence-electron chi connectivity index (χ2n) is 6.56. The van der Waals surface area contributed by atoms with Gasteiger partial charge in [-0.3, -0.25) is 9.78 Å². The topological polar surface area (TPSA) is 67.0 Å². The van der Waals surface area contributed by atoms with Crippen molar-refractivity contribution in [2.45, 2.75) is 12.8 Å². The first-order valence-corrected chi connectivity index (χ1v) is 9.02. The number of anilines is 1.